The van der Waals surface area contributed by atoms with Crippen LogP contribution in [0.4, 0.5) is 4.39 Å². The lowest BCUT2D eigenvalue weighted by Crippen LogP contribution is -2.21. The number of unbranched alkanes of at least 4 members (excludes halogenated alkanes) is 1. The quantitative estimate of drug-likeness (QED) is 0.526. The zero-order valence-corrected chi connectivity index (χ0v) is 14.0. The van der Waals surface area contributed by atoms with Crippen molar-refractivity contribution in [3.8, 4) is 11.5 Å². The summed E-state index contributed by atoms with van der Waals surface area (Å²) >= 11 is 1.65. The second-order valence-corrected chi connectivity index (χ2v) is 6.05. The predicted octanol–water partition coefficient (Wildman–Crippen LogP) is 3.83. The number of halogens is 1. The first kappa shape index (κ1) is 18.1. The van der Waals surface area contributed by atoms with Crippen LogP contribution in [-0.4, -0.2) is 32.7 Å². The molecule has 0 aliphatic carbocycles. The van der Waals surface area contributed by atoms with Gasteiger partial charge in [0, 0.05) is 6.04 Å². The number of ether oxygens (including phenoxy) is 2. The fourth-order valence-corrected chi connectivity index (χ4v) is 3.13. The minimum Gasteiger partial charge on any atom is -0.495 e. The van der Waals surface area contributed by atoms with Gasteiger partial charge in [-0.05, 0) is 49.1 Å². The molecule has 0 aliphatic heterocycles. The van der Waals surface area contributed by atoms with E-state index in [9.17, 15) is 4.39 Å². The number of hydrogen-bond donors (Lipinski definition) is 1. The summed E-state index contributed by atoms with van der Waals surface area (Å²) in [5, 5.41) is 0. The fourth-order valence-electron chi connectivity index (χ4n) is 2.01. The first-order valence-electron chi connectivity index (χ1n) is 7.35. The Morgan fingerprint density at radius 1 is 1.19 bits per heavy atom. The highest BCUT2D eigenvalue weighted by atomic mass is 32.2. The predicted molar refractivity (Wildman–Crippen MR) is 87.4 cm³/mol. The van der Waals surface area contributed by atoms with Crippen LogP contribution in [0.25, 0.3) is 0 Å². The summed E-state index contributed by atoms with van der Waals surface area (Å²) in [6.07, 6.45) is 3.18. The first-order chi connectivity index (χ1) is 10.2. The van der Waals surface area contributed by atoms with Crippen LogP contribution in [0.3, 0.4) is 0 Å². The Kier molecular flexibility index (Phi) is 8.54. The van der Waals surface area contributed by atoms with Crippen molar-refractivity contribution in [1.29, 1.82) is 0 Å². The van der Waals surface area contributed by atoms with Gasteiger partial charge in [-0.1, -0.05) is 6.92 Å². The molecule has 0 spiro atoms. The molecule has 1 atom stereocenters. The average molecular weight is 315 g/mol. The lowest BCUT2D eigenvalue weighted by molar-refractivity contribution is 0.375. The highest BCUT2D eigenvalue weighted by molar-refractivity contribution is 7.99. The third kappa shape index (κ3) is 5.75. The molecule has 0 bridgehead atoms. The highest BCUT2D eigenvalue weighted by Crippen LogP contribution is 2.39. The van der Waals surface area contributed by atoms with E-state index < -0.39 is 0 Å². The van der Waals surface area contributed by atoms with Crippen LogP contribution < -0.4 is 15.2 Å². The molecule has 1 unspecified atom stereocenters. The molecule has 21 heavy (non-hydrogen) atoms. The van der Waals surface area contributed by atoms with Gasteiger partial charge in [-0.15, -0.1) is 11.8 Å². The minimum absolute atomic E-state index is 0.141. The van der Waals surface area contributed by atoms with Crippen molar-refractivity contribution in [3.05, 3.63) is 17.7 Å². The molecule has 0 radical (unpaired) electrons. The standard InChI is InChI=1S/C16H26FNO2S/c1-4-13(18)9-12-10-14(19-2)16(15(11-12)20-3)21-8-6-5-7-17/h10-11,13H,4-9,18H2,1-3H3. The van der Waals surface area contributed by atoms with Crippen LogP contribution in [0.2, 0.25) is 0 Å². The van der Waals surface area contributed by atoms with E-state index in [-0.39, 0.29) is 12.7 Å². The molecule has 0 amide bonds. The minimum atomic E-state index is -0.261. The molecule has 0 aliphatic rings. The van der Waals surface area contributed by atoms with Gasteiger partial charge in [-0.2, -0.15) is 0 Å². The Labute approximate surface area is 131 Å². The molecule has 1 aromatic rings. The smallest absolute Gasteiger partial charge is 0.136 e. The maximum Gasteiger partial charge on any atom is 0.136 e. The number of nitrogens with two attached hydrogens (primary N) is 1. The van der Waals surface area contributed by atoms with Crippen molar-refractivity contribution in [3.63, 3.8) is 0 Å². The van der Waals surface area contributed by atoms with Gasteiger partial charge in [-0.3, -0.25) is 4.39 Å². The van der Waals surface area contributed by atoms with E-state index in [2.05, 4.69) is 6.92 Å². The molecule has 1 aromatic carbocycles. The number of benzene rings is 1. The summed E-state index contributed by atoms with van der Waals surface area (Å²) in [7, 11) is 3.31. The monoisotopic (exact) mass is 315 g/mol. The lowest BCUT2D eigenvalue weighted by Gasteiger charge is -2.16. The van der Waals surface area contributed by atoms with Gasteiger partial charge in [0.15, 0.2) is 0 Å². The molecule has 3 nitrogen and oxygen atoms in total. The molecule has 0 fully saturated rings. The van der Waals surface area contributed by atoms with Crippen molar-refractivity contribution in [1.82, 2.24) is 0 Å². The molecule has 0 heterocycles. The van der Waals surface area contributed by atoms with Gasteiger partial charge in [-0.25, -0.2) is 0 Å². The summed E-state index contributed by atoms with van der Waals surface area (Å²) in [6, 6.07) is 4.19. The topological polar surface area (TPSA) is 44.5 Å². The summed E-state index contributed by atoms with van der Waals surface area (Å²) in [4.78, 5) is 0.979. The largest absolute Gasteiger partial charge is 0.495 e. The number of methoxy groups -OCH3 is 2. The number of thioether (sulfide) groups is 1. The number of rotatable bonds is 10. The Balaban J connectivity index is 2.90. The van der Waals surface area contributed by atoms with Crippen molar-refractivity contribution in [2.24, 2.45) is 5.73 Å². The second-order valence-electron chi connectivity index (χ2n) is 4.95. The molecule has 0 saturated heterocycles. The Morgan fingerprint density at radius 3 is 2.29 bits per heavy atom. The normalized spacial score (nSPS) is 12.2. The van der Waals surface area contributed by atoms with Gasteiger partial charge in [0.1, 0.15) is 11.5 Å². The van der Waals surface area contributed by atoms with E-state index in [4.69, 9.17) is 15.2 Å². The van der Waals surface area contributed by atoms with Gasteiger partial charge >= 0.3 is 0 Å². The van der Waals surface area contributed by atoms with Crippen molar-refractivity contribution in [2.75, 3.05) is 26.6 Å². The molecule has 5 heteroatoms. The maximum atomic E-state index is 12.1. The molecular formula is C16H26FNO2S. The van der Waals surface area contributed by atoms with E-state index in [1.54, 1.807) is 26.0 Å². The summed E-state index contributed by atoms with van der Waals surface area (Å²) in [5.74, 6) is 2.46. The lowest BCUT2D eigenvalue weighted by atomic mass is 10.0. The highest BCUT2D eigenvalue weighted by Gasteiger charge is 2.14. The van der Waals surface area contributed by atoms with Crippen LogP contribution in [0, 0.1) is 0 Å². The second kappa shape index (κ2) is 9.90. The van der Waals surface area contributed by atoms with Crippen LogP contribution in [-0.2, 0) is 6.42 Å². The van der Waals surface area contributed by atoms with Gasteiger partial charge < -0.3 is 15.2 Å². The average Bonchev–Trinajstić information content (AvgIpc) is 2.51. The maximum absolute atomic E-state index is 12.1. The zero-order chi connectivity index (χ0) is 15.7. The van der Waals surface area contributed by atoms with E-state index in [1.807, 2.05) is 12.1 Å². The molecular weight excluding hydrogens is 289 g/mol. The van der Waals surface area contributed by atoms with Gasteiger partial charge in [0.05, 0.1) is 25.8 Å². The summed E-state index contributed by atoms with van der Waals surface area (Å²) in [6.45, 7) is 1.82. The first-order valence-corrected chi connectivity index (χ1v) is 8.34. The summed E-state index contributed by atoms with van der Waals surface area (Å²) < 4.78 is 23.1. The molecule has 1 rings (SSSR count). The van der Waals surface area contributed by atoms with E-state index in [0.29, 0.717) is 6.42 Å². The molecule has 120 valence electrons. The fraction of sp³-hybridized carbons (Fsp3) is 0.625. The van der Waals surface area contributed by atoms with Crippen molar-refractivity contribution < 1.29 is 13.9 Å². The van der Waals surface area contributed by atoms with E-state index in [0.717, 1.165) is 47.0 Å². The number of hydrogen-bond acceptors (Lipinski definition) is 4. The van der Waals surface area contributed by atoms with E-state index in [1.165, 1.54) is 0 Å². The third-order valence-electron chi connectivity index (χ3n) is 3.32. The van der Waals surface area contributed by atoms with Crippen molar-refractivity contribution in [2.45, 2.75) is 43.5 Å². The van der Waals surface area contributed by atoms with Crippen molar-refractivity contribution >= 4 is 11.8 Å². The van der Waals surface area contributed by atoms with Crippen LogP contribution >= 0.6 is 11.8 Å². The van der Waals surface area contributed by atoms with Crippen LogP contribution in [0.15, 0.2) is 17.0 Å². The van der Waals surface area contributed by atoms with Crippen LogP contribution in [0.5, 0.6) is 11.5 Å². The third-order valence-corrected chi connectivity index (χ3v) is 4.50. The SMILES string of the molecule is CCC(N)Cc1cc(OC)c(SCCCCF)c(OC)c1. The Hall–Kier alpha value is -0.940. The zero-order valence-electron chi connectivity index (χ0n) is 13.2. The van der Waals surface area contributed by atoms with Gasteiger partial charge in [0.2, 0.25) is 0 Å². The molecule has 0 aromatic heterocycles. The van der Waals surface area contributed by atoms with Crippen LogP contribution in [0.1, 0.15) is 31.7 Å². The Morgan fingerprint density at radius 2 is 1.81 bits per heavy atom. The molecule has 0 saturated carbocycles. The molecule has 2 N–H and O–H groups in total. The van der Waals surface area contributed by atoms with E-state index >= 15 is 0 Å². The number of alkyl halides is 1. The van der Waals surface area contributed by atoms with Gasteiger partial charge in [0.25, 0.3) is 0 Å². The summed E-state index contributed by atoms with van der Waals surface area (Å²) in [5.41, 5.74) is 7.13. The Bertz CT molecular complexity index is 404.